The van der Waals surface area contributed by atoms with Gasteiger partial charge in [0.25, 0.3) is 5.91 Å². The van der Waals surface area contributed by atoms with E-state index in [1.165, 1.54) is 19.4 Å². The van der Waals surface area contributed by atoms with Crippen molar-refractivity contribution in [2.45, 2.75) is 0 Å². The van der Waals surface area contributed by atoms with E-state index in [-0.39, 0.29) is 23.1 Å². The summed E-state index contributed by atoms with van der Waals surface area (Å²) in [6, 6.07) is 16.5. The fourth-order valence-electron chi connectivity index (χ4n) is 2.44. The van der Waals surface area contributed by atoms with E-state index >= 15 is 0 Å². The summed E-state index contributed by atoms with van der Waals surface area (Å²) in [5, 5.41) is 15.8. The monoisotopic (exact) mass is 384 g/mol. The Labute approximate surface area is 161 Å². The van der Waals surface area contributed by atoms with E-state index in [0.29, 0.717) is 11.3 Å². The van der Waals surface area contributed by atoms with Crippen LogP contribution in [0, 0.1) is 0 Å². The quantitative estimate of drug-likeness (QED) is 0.501. The minimum Gasteiger partial charge on any atom is -0.503 e. The molecule has 0 atom stereocenters. The molecule has 0 fully saturated rings. The summed E-state index contributed by atoms with van der Waals surface area (Å²) in [5.74, 6) is 0.262. The lowest BCUT2D eigenvalue weighted by atomic mass is 10.1. The zero-order valence-corrected chi connectivity index (χ0v) is 15.2. The van der Waals surface area contributed by atoms with Crippen LogP contribution < -0.4 is 14.9 Å². The number of methoxy groups -OCH3 is 1. The van der Waals surface area contributed by atoms with Crippen LogP contribution in [-0.4, -0.2) is 30.9 Å². The Kier molecular flexibility index (Phi) is 5.78. The third kappa shape index (κ3) is 4.68. The van der Waals surface area contributed by atoms with Gasteiger partial charge in [0.2, 0.25) is 0 Å². The number of phenols is 1. The summed E-state index contributed by atoms with van der Waals surface area (Å²) in [7, 11) is 1.41. The molecule has 27 heavy (non-hydrogen) atoms. The molecule has 0 aliphatic rings. The molecule has 3 aromatic carbocycles. The minimum absolute atomic E-state index is 0.127. The van der Waals surface area contributed by atoms with Gasteiger partial charge in [-0.1, -0.05) is 41.9 Å². The number of nitrogens with zero attached hydrogens (tertiary/aromatic N) is 1. The van der Waals surface area contributed by atoms with Crippen molar-refractivity contribution < 1.29 is 19.4 Å². The number of amides is 1. The molecule has 7 heteroatoms. The maximum absolute atomic E-state index is 11.9. The second-order valence-electron chi connectivity index (χ2n) is 5.64. The highest BCUT2D eigenvalue weighted by atomic mass is 35.5. The van der Waals surface area contributed by atoms with Crippen molar-refractivity contribution in [2.24, 2.45) is 5.10 Å². The lowest BCUT2D eigenvalue weighted by molar-refractivity contribution is -0.123. The van der Waals surface area contributed by atoms with Gasteiger partial charge in [-0.05, 0) is 40.6 Å². The predicted octanol–water partition coefficient (Wildman–Crippen LogP) is 3.74. The van der Waals surface area contributed by atoms with Gasteiger partial charge in [-0.3, -0.25) is 4.79 Å². The highest BCUT2D eigenvalue weighted by Gasteiger charge is 2.08. The van der Waals surface area contributed by atoms with E-state index in [1.54, 1.807) is 6.07 Å². The molecule has 2 N–H and O–H groups in total. The van der Waals surface area contributed by atoms with Crippen LogP contribution in [0.3, 0.4) is 0 Å². The Morgan fingerprint density at radius 1 is 1.19 bits per heavy atom. The van der Waals surface area contributed by atoms with Crippen LogP contribution in [-0.2, 0) is 4.79 Å². The van der Waals surface area contributed by atoms with Crippen molar-refractivity contribution in [1.29, 1.82) is 0 Å². The number of nitrogens with one attached hydrogen (secondary N) is 1. The van der Waals surface area contributed by atoms with E-state index in [0.717, 1.165) is 10.8 Å². The van der Waals surface area contributed by atoms with Gasteiger partial charge in [-0.25, -0.2) is 5.43 Å². The predicted molar refractivity (Wildman–Crippen MR) is 105 cm³/mol. The SMILES string of the molecule is COc1cc(/C=N/NC(=O)COc2ccc3ccccc3c2)cc(Cl)c1O. The molecule has 138 valence electrons. The Hall–Kier alpha value is -3.25. The van der Waals surface area contributed by atoms with Crippen LogP contribution in [0.1, 0.15) is 5.56 Å². The molecule has 0 radical (unpaired) electrons. The molecule has 0 bridgehead atoms. The van der Waals surface area contributed by atoms with Gasteiger partial charge in [0, 0.05) is 0 Å². The van der Waals surface area contributed by atoms with Crippen LogP contribution >= 0.6 is 11.6 Å². The maximum atomic E-state index is 11.9. The zero-order valence-electron chi connectivity index (χ0n) is 14.5. The summed E-state index contributed by atoms with van der Waals surface area (Å²) in [6.07, 6.45) is 1.39. The van der Waals surface area contributed by atoms with Gasteiger partial charge < -0.3 is 14.6 Å². The number of rotatable bonds is 6. The van der Waals surface area contributed by atoms with Gasteiger partial charge in [-0.2, -0.15) is 5.10 Å². The Balaban J connectivity index is 1.56. The summed E-state index contributed by atoms with van der Waals surface area (Å²) in [5.41, 5.74) is 2.93. The molecule has 0 spiro atoms. The number of halogens is 1. The van der Waals surface area contributed by atoms with Crippen molar-refractivity contribution >= 4 is 34.5 Å². The molecule has 0 saturated heterocycles. The first-order chi connectivity index (χ1) is 13.1. The van der Waals surface area contributed by atoms with Crippen LogP contribution in [0.5, 0.6) is 17.2 Å². The molecule has 0 saturated carbocycles. The second kappa shape index (κ2) is 8.42. The van der Waals surface area contributed by atoms with Crippen molar-refractivity contribution in [3.63, 3.8) is 0 Å². The first kappa shape index (κ1) is 18.5. The summed E-state index contributed by atoms with van der Waals surface area (Å²) in [4.78, 5) is 11.9. The molecule has 0 heterocycles. The number of hydrogen-bond donors (Lipinski definition) is 2. The van der Waals surface area contributed by atoms with Crippen LogP contribution in [0.15, 0.2) is 59.7 Å². The Morgan fingerprint density at radius 3 is 2.74 bits per heavy atom. The summed E-state index contributed by atoms with van der Waals surface area (Å²) in [6.45, 7) is -0.171. The van der Waals surface area contributed by atoms with Crippen LogP contribution in [0.25, 0.3) is 10.8 Å². The average Bonchev–Trinajstić information content (AvgIpc) is 2.68. The molecule has 0 unspecified atom stereocenters. The van der Waals surface area contributed by atoms with Gasteiger partial charge in [0.05, 0.1) is 18.3 Å². The number of fused-ring (bicyclic) bond motifs is 1. The van der Waals surface area contributed by atoms with Gasteiger partial charge in [0.1, 0.15) is 5.75 Å². The van der Waals surface area contributed by atoms with Crippen LogP contribution in [0.2, 0.25) is 5.02 Å². The molecule has 0 aliphatic carbocycles. The van der Waals surface area contributed by atoms with Crippen molar-refractivity contribution in [3.05, 3.63) is 65.2 Å². The molecule has 1 amide bonds. The number of carbonyl (C=O) groups is 1. The lowest BCUT2D eigenvalue weighted by Gasteiger charge is -2.07. The molecular formula is C20H17ClN2O4. The molecule has 3 aromatic rings. The van der Waals surface area contributed by atoms with Crippen molar-refractivity contribution in [3.8, 4) is 17.2 Å². The topological polar surface area (TPSA) is 80.2 Å². The number of benzene rings is 3. The largest absolute Gasteiger partial charge is 0.503 e. The number of hydrazone groups is 1. The molecular weight excluding hydrogens is 368 g/mol. The van der Waals surface area contributed by atoms with Gasteiger partial charge in [0.15, 0.2) is 18.1 Å². The maximum Gasteiger partial charge on any atom is 0.277 e. The first-order valence-corrected chi connectivity index (χ1v) is 8.44. The molecule has 0 aliphatic heterocycles. The van der Waals surface area contributed by atoms with Gasteiger partial charge in [-0.15, -0.1) is 0 Å². The Bertz CT molecular complexity index is 1000. The fraction of sp³-hybridized carbons (Fsp3) is 0.100. The lowest BCUT2D eigenvalue weighted by Crippen LogP contribution is -2.24. The third-order valence-electron chi connectivity index (χ3n) is 3.76. The smallest absolute Gasteiger partial charge is 0.277 e. The molecule has 3 rings (SSSR count). The number of ether oxygens (including phenoxy) is 2. The second-order valence-corrected chi connectivity index (χ2v) is 6.05. The first-order valence-electron chi connectivity index (χ1n) is 8.07. The van der Waals surface area contributed by atoms with E-state index in [1.807, 2.05) is 42.5 Å². The van der Waals surface area contributed by atoms with E-state index in [2.05, 4.69) is 10.5 Å². The molecule has 0 aromatic heterocycles. The number of hydrogen-bond acceptors (Lipinski definition) is 5. The van der Waals surface area contributed by atoms with E-state index in [4.69, 9.17) is 21.1 Å². The normalized spacial score (nSPS) is 10.9. The summed E-state index contributed by atoms with van der Waals surface area (Å²) >= 11 is 5.90. The number of phenolic OH excluding ortho intramolecular Hbond substituents is 1. The third-order valence-corrected chi connectivity index (χ3v) is 4.05. The highest BCUT2D eigenvalue weighted by Crippen LogP contribution is 2.34. The number of carbonyl (C=O) groups excluding carboxylic acids is 1. The van der Waals surface area contributed by atoms with Gasteiger partial charge >= 0.3 is 0 Å². The van der Waals surface area contributed by atoms with E-state index < -0.39 is 5.91 Å². The molecule has 6 nitrogen and oxygen atoms in total. The number of aromatic hydroxyl groups is 1. The Morgan fingerprint density at radius 2 is 1.96 bits per heavy atom. The zero-order chi connectivity index (χ0) is 19.2. The average molecular weight is 385 g/mol. The summed E-state index contributed by atoms with van der Waals surface area (Å²) < 4.78 is 10.5. The van der Waals surface area contributed by atoms with Crippen molar-refractivity contribution in [1.82, 2.24) is 5.43 Å². The van der Waals surface area contributed by atoms with Crippen LogP contribution in [0.4, 0.5) is 0 Å². The minimum atomic E-state index is -0.406. The van der Waals surface area contributed by atoms with Crippen molar-refractivity contribution in [2.75, 3.05) is 13.7 Å². The highest BCUT2D eigenvalue weighted by molar-refractivity contribution is 6.32. The fourth-order valence-corrected chi connectivity index (χ4v) is 2.66. The van der Waals surface area contributed by atoms with E-state index in [9.17, 15) is 9.90 Å². The standard InChI is InChI=1S/C20H17ClN2O4/c1-26-18-9-13(8-17(21)20(18)25)11-22-23-19(24)12-27-16-7-6-14-4-2-3-5-15(14)10-16/h2-11,25H,12H2,1H3,(H,23,24)/b22-11+.